The van der Waals surface area contributed by atoms with Crippen LogP contribution in [0.15, 0.2) is 83.8 Å². The summed E-state index contributed by atoms with van der Waals surface area (Å²) in [5.41, 5.74) is 3.06. The normalized spacial score (nSPS) is 12.0. The SMILES string of the molecule is O=C(/C=C/c1nc2ncccc2n1-c1cccs1)/C=C/c1nc2ncccc2n1-c1cccs1. The number of aromatic nitrogens is 6. The van der Waals surface area contributed by atoms with E-state index in [-0.39, 0.29) is 5.78 Å². The molecule has 9 heteroatoms. The fraction of sp³-hybridized carbons (Fsp3) is 0. The van der Waals surface area contributed by atoms with Gasteiger partial charge in [0, 0.05) is 12.4 Å². The molecule has 6 rings (SSSR count). The van der Waals surface area contributed by atoms with Crippen molar-refractivity contribution in [2.24, 2.45) is 0 Å². The molecular formula is C25H16N6OS2. The molecule has 0 aliphatic heterocycles. The van der Waals surface area contributed by atoms with Crippen molar-refractivity contribution in [3.63, 3.8) is 0 Å². The summed E-state index contributed by atoms with van der Waals surface area (Å²) >= 11 is 3.20. The number of carbonyl (C=O) groups is 1. The quantitative estimate of drug-likeness (QED) is 0.291. The fourth-order valence-corrected chi connectivity index (χ4v) is 5.21. The largest absolute Gasteiger partial charge is 0.290 e. The number of thiophene rings is 2. The van der Waals surface area contributed by atoms with E-state index in [9.17, 15) is 4.79 Å². The Labute approximate surface area is 202 Å². The van der Waals surface area contributed by atoms with Crippen molar-refractivity contribution in [2.45, 2.75) is 0 Å². The van der Waals surface area contributed by atoms with Crippen LogP contribution in [0.25, 0.3) is 44.5 Å². The first-order chi connectivity index (χ1) is 16.8. The molecule has 6 aromatic heterocycles. The van der Waals surface area contributed by atoms with Gasteiger partial charge in [-0.15, -0.1) is 22.7 Å². The minimum atomic E-state index is -0.171. The molecule has 0 radical (unpaired) electrons. The van der Waals surface area contributed by atoms with Crippen LogP contribution < -0.4 is 0 Å². The van der Waals surface area contributed by atoms with Gasteiger partial charge in [-0.1, -0.05) is 0 Å². The Balaban J connectivity index is 1.33. The maximum atomic E-state index is 12.7. The van der Waals surface area contributed by atoms with E-state index >= 15 is 0 Å². The molecule has 0 unspecified atom stereocenters. The highest BCUT2D eigenvalue weighted by Gasteiger charge is 2.13. The third-order valence-corrected chi connectivity index (χ3v) is 6.87. The molecule has 0 spiro atoms. The molecular weight excluding hydrogens is 464 g/mol. The molecule has 164 valence electrons. The Morgan fingerprint density at radius 1 is 0.706 bits per heavy atom. The average Bonchev–Trinajstić information content (AvgIpc) is 3.65. The number of carbonyl (C=O) groups excluding carboxylic acids is 1. The van der Waals surface area contributed by atoms with Crippen molar-refractivity contribution in [1.29, 1.82) is 0 Å². The van der Waals surface area contributed by atoms with Gasteiger partial charge in [-0.25, -0.2) is 19.9 Å². The maximum Gasteiger partial charge on any atom is 0.178 e. The number of allylic oxidation sites excluding steroid dienone is 2. The zero-order valence-corrected chi connectivity index (χ0v) is 19.3. The van der Waals surface area contributed by atoms with Crippen LogP contribution in [0.2, 0.25) is 0 Å². The van der Waals surface area contributed by atoms with Gasteiger partial charge in [0.25, 0.3) is 0 Å². The molecule has 6 aromatic rings. The Hall–Kier alpha value is -4.21. The second-order valence-corrected chi connectivity index (χ2v) is 9.13. The summed E-state index contributed by atoms with van der Waals surface area (Å²) in [7, 11) is 0. The summed E-state index contributed by atoms with van der Waals surface area (Å²) in [6.45, 7) is 0. The number of fused-ring (bicyclic) bond motifs is 2. The van der Waals surface area contributed by atoms with Crippen LogP contribution in [-0.2, 0) is 4.79 Å². The lowest BCUT2D eigenvalue weighted by Gasteiger charge is -2.03. The molecule has 0 aliphatic rings. The average molecular weight is 481 g/mol. The summed E-state index contributed by atoms with van der Waals surface area (Å²) in [5, 5.41) is 6.03. The van der Waals surface area contributed by atoms with Gasteiger partial charge in [0.15, 0.2) is 17.1 Å². The molecule has 34 heavy (non-hydrogen) atoms. The van der Waals surface area contributed by atoms with E-state index in [1.165, 1.54) is 12.2 Å². The Morgan fingerprint density at radius 3 is 1.65 bits per heavy atom. The van der Waals surface area contributed by atoms with E-state index in [4.69, 9.17) is 0 Å². The van der Waals surface area contributed by atoms with Crippen molar-refractivity contribution in [2.75, 3.05) is 0 Å². The highest BCUT2D eigenvalue weighted by molar-refractivity contribution is 7.12. The molecule has 0 bridgehead atoms. The van der Waals surface area contributed by atoms with Crippen molar-refractivity contribution < 1.29 is 4.79 Å². The number of imidazole rings is 2. The van der Waals surface area contributed by atoms with Gasteiger partial charge in [-0.05, 0) is 83.6 Å². The molecule has 0 aromatic carbocycles. The summed E-state index contributed by atoms with van der Waals surface area (Å²) < 4.78 is 4.00. The van der Waals surface area contributed by atoms with Crippen LogP contribution in [0.1, 0.15) is 11.6 Å². The van der Waals surface area contributed by atoms with Crippen LogP contribution in [0.4, 0.5) is 0 Å². The topological polar surface area (TPSA) is 78.5 Å². The smallest absolute Gasteiger partial charge is 0.178 e. The van der Waals surface area contributed by atoms with Crippen LogP contribution in [0.5, 0.6) is 0 Å². The number of hydrogen-bond acceptors (Lipinski definition) is 7. The van der Waals surface area contributed by atoms with E-state index < -0.39 is 0 Å². The van der Waals surface area contributed by atoms with Crippen molar-refractivity contribution >= 4 is 62.9 Å². The molecule has 0 N–H and O–H groups in total. The molecule has 0 aliphatic carbocycles. The summed E-state index contributed by atoms with van der Waals surface area (Å²) in [6.07, 6.45) is 9.89. The predicted molar refractivity (Wildman–Crippen MR) is 137 cm³/mol. The first-order valence-electron chi connectivity index (χ1n) is 10.4. The van der Waals surface area contributed by atoms with E-state index in [2.05, 4.69) is 19.9 Å². The zero-order chi connectivity index (χ0) is 22.9. The third kappa shape index (κ3) is 3.66. The lowest BCUT2D eigenvalue weighted by Crippen LogP contribution is -1.96. The van der Waals surface area contributed by atoms with E-state index in [0.29, 0.717) is 22.9 Å². The highest BCUT2D eigenvalue weighted by atomic mass is 32.1. The fourth-order valence-electron chi connectivity index (χ4n) is 3.71. The number of ketones is 1. The first-order valence-corrected chi connectivity index (χ1v) is 12.2. The Kier molecular flexibility index (Phi) is 5.17. The van der Waals surface area contributed by atoms with Gasteiger partial charge in [-0.2, -0.15) is 0 Å². The molecule has 0 amide bonds. The minimum Gasteiger partial charge on any atom is -0.290 e. The van der Waals surface area contributed by atoms with Gasteiger partial charge in [0.05, 0.1) is 11.0 Å². The van der Waals surface area contributed by atoms with Gasteiger partial charge < -0.3 is 0 Å². The second-order valence-electron chi connectivity index (χ2n) is 7.27. The van der Waals surface area contributed by atoms with Crippen molar-refractivity contribution in [1.82, 2.24) is 29.1 Å². The second kappa shape index (κ2) is 8.62. The summed E-state index contributed by atoms with van der Waals surface area (Å²) in [4.78, 5) is 30.7. The third-order valence-electron chi connectivity index (χ3n) is 5.16. The maximum absolute atomic E-state index is 12.7. The van der Waals surface area contributed by atoms with Crippen LogP contribution in [0.3, 0.4) is 0 Å². The first kappa shape index (κ1) is 20.4. The Morgan fingerprint density at radius 2 is 1.21 bits per heavy atom. The standard InChI is InChI=1S/C25H16N6OS2/c32-17(9-11-20-28-24-18(5-1-13-26-24)30(20)22-7-3-15-33-22)10-12-21-29-25-19(6-2-14-27-25)31(21)23-8-4-16-34-23/h1-16H/b11-9+,12-10+. The van der Waals surface area contributed by atoms with E-state index in [0.717, 1.165) is 21.0 Å². The number of hydrogen-bond donors (Lipinski definition) is 0. The number of nitrogens with zero attached hydrogens (tertiary/aromatic N) is 6. The van der Waals surface area contributed by atoms with Crippen LogP contribution in [-0.4, -0.2) is 34.9 Å². The highest BCUT2D eigenvalue weighted by Crippen LogP contribution is 2.25. The van der Waals surface area contributed by atoms with Gasteiger partial charge in [0.2, 0.25) is 0 Å². The summed E-state index contributed by atoms with van der Waals surface area (Å²) in [5.74, 6) is 1.12. The van der Waals surface area contributed by atoms with Gasteiger partial charge in [0.1, 0.15) is 21.7 Å². The van der Waals surface area contributed by atoms with Crippen molar-refractivity contribution in [3.8, 4) is 10.0 Å². The van der Waals surface area contributed by atoms with E-state index in [1.807, 2.05) is 68.4 Å². The van der Waals surface area contributed by atoms with Crippen molar-refractivity contribution in [3.05, 3.63) is 95.5 Å². The predicted octanol–water partition coefficient (Wildman–Crippen LogP) is 5.57. The number of pyridine rings is 2. The van der Waals surface area contributed by atoms with Gasteiger partial charge >= 0.3 is 0 Å². The Bertz CT molecular complexity index is 1550. The lowest BCUT2D eigenvalue weighted by atomic mass is 10.3. The molecule has 0 fully saturated rings. The molecule has 0 saturated carbocycles. The minimum absolute atomic E-state index is 0.171. The monoisotopic (exact) mass is 480 g/mol. The zero-order valence-electron chi connectivity index (χ0n) is 17.6. The van der Waals surface area contributed by atoms with Crippen LogP contribution >= 0.6 is 22.7 Å². The molecule has 6 heterocycles. The molecule has 7 nitrogen and oxygen atoms in total. The van der Waals surface area contributed by atoms with Gasteiger partial charge in [-0.3, -0.25) is 13.9 Å². The van der Waals surface area contributed by atoms with E-state index in [1.54, 1.807) is 47.2 Å². The molecule has 0 saturated heterocycles. The lowest BCUT2D eigenvalue weighted by molar-refractivity contribution is -0.110. The number of rotatable bonds is 6. The summed E-state index contributed by atoms with van der Waals surface area (Å²) in [6, 6.07) is 15.7. The molecule has 0 atom stereocenters. The van der Waals surface area contributed by atoms with Crippen LogP contribution in [0, 0.1) is 0 Å².